The van der Waals surface area contributed by atoms with Crippen molar-refractivity contribution in [3.8, 4) is 0 Å². The molecule has 0 bridgehead atoms. The number of rotatable bonds is 7. The predicted molar refractivity (Wildman–Crippen MR) is 143 cm³/mol. The smallest absolute Gasteiger partial charge is 0.0767 e. The lowest BCUT2D eigenvalue weighted by atomic mass is 9.84. The largest absolute Gasteiger partial charge is 0.374 e. The molecular weight excluding hydrogens is 410 g/mol. The summed E-state index contributed by atoms with van der Waals surface area (Å²) in [6.07, 6.45) is 0. The van der Waals surface area contributed by atoms with Gasteiger partial charge in [0.05, 0.1) is 6.04 Å². The van der Waals surface area contributed by atoms with Crippen molar-refractivity contribution >= 4 is 5.69 Å². The molecule has 1 N–H and O–H groups in total. The van der Waals surface area contributed by atoms with E-state index < -0.39 is 0 Å². The van der Waals surface area contributed by atoms with Crippen LogP contribution in [-0.2, 0) is 0 Å². The Kier molecular flexibility index (Phi) is 6.54. The molecule has 0 unspecified atom stereocenters. The van der Waals surface area contributed by atoms with Gasteiger partial charge < -0.3 is 5.32 Å². The van der Waals surface area contributed by atoms with Gasteiger partial charge in [-0.15, -0.1) is 0 Å². The van der Waals surface area contributed by atoms with Crippen molar-refractivity contribution in [2.24, 2.45) is 0 Å². The Balaban J connectivity index is 1.51. The van der Waals surface area contributed by atoms with Crippen LogP contribution in [0.5, 0.6) is 0 Å². The molecule has 0 heterocycles. The van der Waals surface area contributed by atoms with Crippen molar-refractivity contribution in [1.29, 1.82) is 0 Å². The third-order valence-electron chi connectivity index (χ3n) is 6.42. The maximum atomic E-state index is 3.83. The van der Waals surface area contributed by atoms with Crippen molar-refractivity contribution in [3.05, 3.63) is 173 Å². The van der Waals surface area contributed by atoms with Crippen molar-refractivity contribution in [2.45, 2.75) is 18.9 Å². The van der Waals surface area contributed by atoms with Gasteiger partial charge in [0.2, 0.25) is 0 Å². The predicted octanol–water partition coefficient (Wildman–Crippen LogP) is 8.38. The first kappa shape index (κ1) is 21.7. The Labute approximate surface area is 202 Å². The lowest BCUT2D eigenvalue weighted by Crippen LogP contribution is -2.13. The molecule has 0 fully saturated rings. The minimum absolute atomic E-state index is 0.0889. The monoisotopic (exact) mass is 439 g/mol. The minimum Gasteiger partial charge on any atom is -0.374 e. The molecule has 0 aliphatic rings. The summed E-state index contributed by atoms with van der Waals surface area (Å²) in [6, 6.07) is 49.8. The van der Waals surface area contributed by atoms with E-state index in [1.807, 2.05) is 0 Å². The standard InChI is InChI=1S/C33H29N/c1-25-24-30(32(26-14-6-2-7-15-26)27-16-8-3-9-17-27)22-23-31(25)34-33(28-18-10-4-11-19-28)29-20-12-5-13-21-29/h2-24,32-34H,1H3. The number of benzene rings is 5. The van der Waals surface area contributed by atoms with E-state index in [1.165, 1.54) is 33.4 Å². The number of nitrogens with one attached hydrogen (secondary N) is 1. The van der Waals surface area contributed by atoms with E-state index in [9.17, 15) is 0 Å². The average molecular weight is 440 g/mol. The molecule has 5 aromatic carbocycles. The summed E-state index contributed by atoms with van der Waals surface area (Å²) in [6.45, 7) is 2.20. The molecule has 34 heavy (non-hydrogen) atoms. The van der Waals surface area contributed by atoms with E-state index in [1.54, 1.807) is 0 Å². The van der Waals surface area contributed by atoms with Gasteiger partial charge in [-0.05, 0) is 46.4 Å². The molecule has 0 atom stereocenters. The summed E-state index contributed by atoms with van der Waals surface area (Å²) >= 11 is 0. The van der Waals surface area contributed by atoms with E-state index in [4.69, 9.17) is 0 Å². The van der Waals surface area contributed by atoms with Crippen LogP contribution in [0.2, 0.25) is 0 Å². The molecule has 1 nitrogen and oxygen atoms in total. The number of hydrogen-bond acceptors (Lipinski definition) is 1. The SMILES string of the molecule is Cc1cc(C(c2ccccc2)c2ccccc2)ccc1NC(c1ccccc1)c1ccccc1. The maximum absolute atomic E-state index is 3.83. The first-order chi connectivity index (χ1) is 16.8. The Morgan fingerprint density at radius 2 is 0.853 bits per heavy atom. The zero-order valence-electron chi connectivity index (χ0n) is 19.4. The van der Waals surface area contributed by atoms with Gasteiger partial charge in [0.1, 0.15) is 0 Å². The van der Waals surface area contributed by atoms with Crippen molar-refractivity contribution < 1.29 is 0 Å². The molecule has 0 spiro atoms. The maximum Gasteiger partial charge on any atom is 0.0767 e. The van der Waals surface area contributed by atoms with Crippen molar-refractivity contribution in [2.75, 3.05) is 5.32 Å². The van der Waals surface area contributed by atoms with Crippen LogP contribution >= 0.6 is 0 Å². The topological polar surface area (TPSA) is 12.0 Å². The third-order valence-corrected chi connectivity index (χ3v) is 6.42. The highest BCUT2D eigenvalue weighted by Gasteiger charge is 2.19. The molecule has 166 valence electrons. The van der Waals surface area contributed by atoms with E-state index in [0.29, 0.717) is 0 Å². The fraction of sp³-hybridized carbons (Fsp3) is 0.0909. The van der Waals surface area contributed by atoms with Crippen LogP contribution in [0, 0.1) is 6.92 Å². The van der Waals surface area contributed by atoms with Crippen LogP contribution in [0.15, 0.2) is 140 Å². The molecule has 5 rings (SSSR count). The van der Waals surface area contributed by atoms with Gasteiger partial charge in [-0.25, -0.2) is 0 Å². The van der Waals surface area contributed by atoms with Gasteiger partial charge in [-0.1, -0.05) is 133 Å². The van der Waals surface area contributed by atoms with E-state index in [-0.39, 0.29) is 12.0 Å². The van der Waals surface area contributed by atoms with Crippen LogP contribution in [-0.4, -0.2) is 0 Å². The molecule has 0 aromatic heterocycles. The average Bonchev–Trinajstić information content (AvgIpc) is 2.91. The van der Waals surface area contributed by atoms with Crippen molar-refractivity contribution in [3.63, 3.8) is 0 Å². The first-order valence-electron chi connectivity index (χ1n) is 11.9. The van der Waals surface area contributed by atoms with E-state index in [2.05, 4.69) is 152 Å². The number of aryl methyl sites for hydroxylation is 1. The molecule has 5 aromatic rings. The lowest BCUT2D eigenvalue weighted by Gasteiger charge is -2.24. The molecule has 1 heteroatoms. The summed E-state index contributed by atoms with van der Waals surface area (Å²) in [7, 11) is 0. The summed E-state index contributed by atoms with van der Waals surface area (Å²) < 4.78 is 0. The van der Waals surface area contributed by atoms with Crippen LogP contribution in [0.25, 0.3) is 0 Å². The molecule has 0 aliphatic heterocycles. The highest BCUT2D eigenvalue weighted by Crippen LogP contribution is 2.35. The van der Waals surface area contributed by atoms with Gasteiger partial charge in [0, 0.05) is 11.6 Å². The normalized spacial score (nSPS) is 11.0. The molecule has 0 amide bonds. The summed E-state index contributed by atoms with van der Waals surface area (Å²) in [5.74, 6) is 0.203. The van der Waals surface area contributed by atoms with Gasteiger partial charge in [0.15, 0.2) is 0 Å². The Morgan fingerprint density at radius 1 is 0.441 bits per heavy atom. The zero-order chi connectivity index (χ0) is 23.2. The van der Waals surface area contributed by atoms with Crippen LogP contribution < -0.4 is 5.32 Å². The second kappa shape index (κ2) is 10.2. The molecule has 0 radical (unpaired) electrons. The van der Waals surface area contributed by atoms with E-state index in [0.717, 1.165) is 5.69 Å². The van der Waals surface area contributed by atoms with E-state index >= 15 is 0 Å². The van der Waals surface area contributed by atoms with Crippen LogP contribution in [0.1, 0.15) is 45.3 Å². The molecule has 0 aliphatic carbocycles. The van der Waals surface area contributed by atoms with Gasteiger partial charge in [0.25, 0.3) is 0 Å². The molecular formula is C33H29N. The highest BCUT2D eigenvalue weighted by molar-refractivity contribution is 5.57. The Hall–Kier alpha value is -4.10. The van der Waals surface area contributed by atoms with Gasteiger partial charge in [-0.2, -0.15) is 0 Å². The summed E-state index contributed by atoms with van der Waals surface area (Å²) in [5.41, 5.74) is 8.82. The third kappa shape index (κ3) is 4.79. The Morgan fingerprint density at radius 3 is 1.26 bits per heavy atom. The first-order valence-corrected chi connectivity index (χ1v) is 11.9. The second-order valence-corrected chi connectivity index (χ2v) is 8.73. The second-order valence-electron chi connectivity index (χ2n) is 8.73. The van der Waals surface area contributed by atoms with Crippen LogP contribution in [0.3, 0.4) is 0 Å². The summed E-state index contributed by atoms with van der Waals surface area (Å²) in [4.78, 5) is 0. The van der Waals surface area contributed by atoms with Gasteiger partial charge >= 0.3 is 0 Å². The minimum atomic E-state index is 0.0889. The number of hydrogen-bond donors (Lipinski definition) is 1. The Bertz CT molecular complexity index is 1230. The number of anilines is 1. The molecule has 0 saturated heterocycles. The van der Waals surface area contributed by atoms with Crippen LogP contribution in [0.4, 0.5) is 5.69 Å². The fourth-order valence-corrected chi connectivity index (χ4v) is 4.70. The quantitative estimate of drug-likeness (QED) is 0.251. The summed E-state index contributed by atoms with van der Waals surface area (Å²) in [5, 5.41) is 3.83. The fourth-order valence-electron chi connectivity index (χ4n) is 4.70. The van der Waals surface area contributed by atoms with Crippen molar-refractivity contribution in [1.82, 2.24) is 0 Å². The molecule has 0 saturated carbocycles. The lowest BCUT2D eigenvalue weighted by molar-refractivity contribution is 0.932. The highest BCUT2D eigenvalue weighted by atomic mass is 14.9. The van der Waals surface area contributed by atoms with Gasteiger partial charge in [-0.3, -0.25) is 0 Å². The zero-order valence-corrected chi connectivity index (χ0v) is 19.4.